The van der Waals surface area contributed by atoms with Crippen LogP contribution >= 0.6 is 15.9 Å². The fourth-order valence-electron chi connectivity index (χ4n) is 2.00. The van der Waals surface area contributed by atoms with Crippen molar-refractivity contribution in [3.05, 3.63) is 58.1 Å². The van der Waals surface area contributed by atoms with Gasteiger partial charge in [-0.1, -0.05) is 12.1 Å². The molecule has 0 aromatic heterocycles. The number of amides is 1. The van der Waals surface area contributed by atoms with Gasteiger partial charge in [0.2, 0.25) is 0 Å². The second-order valence-corrected chi connectivity index (χ2v) is 5.84. The number of anilines is 1. The van der Waals surface area contributed by atoms with Gasteiger partial charge in [0.15, 0.2) is 0 Å². The van der Waals surface area contributed by atoms with Crippen LogP contribution in [0.1, 0.15) is 15.9 Å². The van der Waals surface area contributed by atoms with Crippen LogP contribution in [0.3, 0.4) is 0 Å². The van der Waals surface area contributed by atoms with E-state index in [1.165, 1.54) is 13.2 Å². The number of nitrogens with one attached hydrogen (secondary N) is 1. The summed E-state index contributed by atoms with van der Waals surface area (Å²) in [7, 11) is 1.48. The lowest BCUT2D eigenvalue weighted by atomic mass is 10.1. The Morgan fingerprint density at radius 2 is 1.88 bits per heavy atom. The van der Waals surface area contributed by atoms with Crippen molar-refractivity contribution in [1.82, 2.24) is 0 Å². The molecule has 0 bridgehead atoms. The topological polar surface area (TPSA) is 47.6 Å². The molecule has 0 saturated carbocycles. The second kappa shape index (κ2) is 8.35. The molecule has 0 aliphatic heterocycles. The van der Waals surface area contributed by atoms with Gasteiger partial charge in [0, 0.05) is 11.6 Å². The Morgan fingerprint density at radius 3 is 2.52 bits per heavy atom. The van der Waals surface area contributed by atoms with Crippen LogP contribution in [0.2, 0.25) is 0 Å². The molecule has 0 atom stereocenters. The molecule has 134 valence electrons. The Balaban J connectivity index is 2.31. The Hall–Kier alpha value is -2.06. The minimum absolute atomic E-state index is 0.0633. The molecule has 0 unspecified atom stereocenters. The number of rotatable bonds is 6. The Bertz CT molecular complexity index is 750. The molecule has 0 fully saturated rings. The molecule has 2 aromatic rings. The minimum Gasteiger partial charge on any atom is -0.489 e. The van der Waals surface area contributed by atoms with Crippen molar-refractivity contribution in [2.45, 2.75) is 6.18 Å². The van der Waals surface area contributed by atoms with E-state index >= 15 is 0 Å². The van der Waals surface area contributed by atoms with Gasteiger partial charge in [0.05, 0.1) is 23.4 Å². The fraction of sp³-hybridized carbons (Fsp3) is 0.235. The summed E-state index contributed by atoms with van der Waals surface area (Å²) in [5.74, 6) is -0.422. The van der Waals surface area contributed by atoms with Crippen LogP contribution < -0.4 is 10.1 Å². The maximum Gasteiger partial charge on any atom is 0.416 e. The van der Waals surface area contributed by atoms with Crippen LogP contribution in [-0.4, -0.2) is 26.2 Å². The van der Waals surface area contributed by atoms with Gasteiger partial charge >= 0.3 is 6.18 Å². The summed E-state index contributed by atoms with van der Waals surface area (Å²) in [5, 5.41) is 2.47. The van der Waals surface area contributed by atoms with Crippen LogP contribution in [0, 0.1) is 0 Å². The molecule has 0 aliphatic rings. The predicted molar refractivity (Wildman–Crippen MR) is 90.9 cm³/mol. The van der Waals surface area contributed by atoms with Crippen LogP contribution in [0.4, 0.5) is 18.9 Å². The molecule has 0 aliphatic carbocycles. The Labute approximate surface area is 151 Å². The largest absolute Gasteiger partial charge is 0.489 e. The van der Waals surface area contributed by atoms with E-state index in [0.29, 0.717) is 10.0 Å². The first-order valence-corrected chi connectivity index (χ1v) is 8.01. The zero-order valence-corrected chi connectivity index (χ0v) is 14.8. The molecule has 4 nitrogen and oxygen atoms in total. The van der Waals surface area contributed by atoms with E-state index in [2.05, 4.69) is 21.2 Å². The number of alkyl halides is 3. The lowest BCUT2D eigenvalue weighted by molar-refractivity contribution is -0.137. The minimum atomic E-state index is -4.53. The quantitative estimate of drug-likeness (QED) is 0.690. The van der Waals surface area contributed by atoms with Crippen molar-refractivity contribution >= 4 is 27.5 Å². The highest BCUT2D eigenvalue weighted by Gasteiger charge is 2.31. The molecule has 0 spiro atoms. The van der Waals surface area contributed by atoms with Crippen molar-refractivity contribution in [3.63, 3.8) is 0 Å². The zero-order chi connectivity index (χ0) is 18.4. The van der Waals surface area contributed by atoms with Gasteiger partial charge in [-0.2, -0.15) is 13.2 Å². The number of ether oxygens (including phenoxy) is 2. The first-order chi connectivity index (χ1) is 11.8. The fourth-order valence-corrected chi connectivity index (χ4v) is 2.46. The average Bonchev–Trinajstić information content (AvgIpc) is 2.55. The Kier molecular flexibility index (Phi) is 6.44. The third kappa shape index (κ3) is 5.20. The zero-order valence-electron chi connectivity index (χ0n) is 13.2. The summed E-state index contributed by atoms with van der Waals surface area (Å²) in [6, 6.07) is 9.52. The van der Waals surface area contributed by atoms with E-state index in [-0.39, 0.29) is 24.7 Å². The Morgan fingerprint density at radius 1 is 1.16 bits per heavy atom. The van der Waals surface area contributed by atoms with Gasteiger partial charge < -0.3 is 14.8 Å². The van der Waals surface area contributed by atoms with E-state index < -0.39 is 17.6 Å². The van der Waals surface area contributed by atoms with E-state index in [1.54, 1.807) is 24.3 Å². The predicted octanol–water partition coefficient (Wildman–Crippen LogP) is 4.75. The first kappa shape index (κ1) is 19.3. The number of benzene rings is 2. The van der Waals surface area contributed by atoms with Crippen LogP contribution in [0.5, 0.6) is 5.75 Å². The highest BCUT2D eigenvalue weighted by molar-refractivity contribution is 9.10. The smallest absolute Gasteiger partial charge is 0.416 e. The summed E-state index contributed by atoms with van der Waals surface area (Å²) < 4.78 is 49.6. The molecule has 0 radical (unpaired) electrons. The molecular formula is C17H15BrF3NO3. The first-order valence-electron chi connectivity index (χ1n) is 7.22. The summed E-state index contributed by atoms with van der Waals surface area (Å²) in [5.41, 5.74) is -0.650. The average molecular weight is 418 g/mol. The summed E-state index contributed by atoms with van der Waals surface area (Å²) >= 11 is 3.24. The highest BCUT2D eigenvalue weighted by atomic mass is 79.9. The molecule has 1 N–H and O–H groups in total. The standard InChI is InChI=1S/C17H15BrF3NO3/c1-24-8-9-25-15-7-6-11(17(19,20)21)10-14(15)22-16(23)12-4-2-3-5-13(12)18/h2-7,10H,8-9H2,1H3,(H,22,23). The summed E-state index contributed by atoms with van der Waals surface area (Å²) in [6.45, 7) is 0.401. The molecule has 1 amide bonds. The molecule has 0 heterocycles. The number of halogens is 4. The van der Waals surface area contributed by atoms with E-state index in [0.717, 1.165) is 12.1 Å². The van der Waals surface area contributed by atoms with Crippen LogP contribution in [-0.2, 0) is 10.9 Å². The highest BCUT2D eigenvalue weighted by Crippen LogP contribution is 2.35. The van der Waals surface area contributed by atoms with Crippen LogP contribution in [0.15, 0.2) is 46.9 Å². The third-order valence-corrected chi connectivity index (χ3v) is 3.91. The summed E-state index contributed by atoms with van der Waals surface area (Å²) in [4.78, 5) is 12.4. The van der Waals surface area contributed by atoms with Gasteiger partial charge in [-0.3, -0.25) is 4.79 Å². The summed E-state index contributed by atoms with van der Waals surface area (Å²) in [6.07, 6.45) is -4.53. The van der Waals surface area contributed by atoms with Gasteiger partial charge in [-0.25, -0.2) is 0 Å². The van der Waals surface area contributed by atoms with Gasteiger partial charge in [-0.05, 0) is 46.3 Å². The van der Waals surface area contributed by atoms with Gasteiger partial charge in [0.25, 0.3) is 5.91 Å². The normalized spacial score (nSPS) is 11.2. The third-order valence-electron chi connectivity index (χ3n) is 3.22. The number of carbonyl (C=O) groups is 1. The molecule has 2 rings (SSSR count). The molecule has 8 heteroatoms. The van der Waals surface area contributed by atoms with Crippen molar-refractivity contribution in [2.24, 2.45) is 0 Å². The van der Waals surface area contributed by atoms with E-state index in [4.69, 9.17) is 9.47 Å². The molecule has 2 aromatic carbocycles. The number of methoxy groups -OCH3 is 1. The van der Waals surface area contributed by atoms with Gasteiger partial charge in [0.1, 0.15) is 12.4 Å². The van der Waals surface area contributed by atoms with Crippen molar-refractivity contribution in [3.8, 4) is 5.75 Å². The molecule has 25 heavy (non-hydrogen) atoms. The number of carbonyl (C=O) groups excluding carboxylic acids is 1. The lowest BCUT2D eigenvalue weighted by Gasteiger charge is -2.15. The lowest BCUT2D eigenvalue weighted by Crippen LogP contribution is -2.15. The SMILES string of the molecule is COCCOc1ccc(C(F)(F)F)cc1NC(=O)c1ccccc1Br. The van der Waals surface area contributed by atoms with E-state index in [9.17, 15) is 18.0 Å². The van der Waals surface area contributed by atoms with Crippen LogP contribution in [0.25, 0.3) is 0 Å². The van der Waals surface area contributed by atoms with Crippen molar-refractivity contribution in [2.75, 3.05) is 25.6 Å². The second-order valence-electron chi connectivity index (χ2n) is 4.98. The molecular weight excluding hydrogens is 403 g/mol. The monoisotopic (exact) mass is 417 g/mol. The van der Waals surface area contributed by atoms with Crippen molar-refractivity contribution in [1.29, 1.82) is 0 Å². The van der Waals surface area contributed by atoms with Crippen molar-refractivity contribution < 1.29 is 27.4 Å². The number of hydrogen-bond acceptors (Lipinski definition) is 3. The van der Waals surface area contributed by atoms with E-state index in [1.807, 2.05) is 0 Å². The maximum atomic E-state index is 12.9. The number of hydrogen-bond donors (Lipinski definition) is 1. The maximum absolute atomic E-state index is 12.9. The van der Waals surface area contributed by atoms with Gasteiger partial charge in [-0.15, -0.1) is 0 Å². The molecule has 0 saturated heterocycles.